The van der Waals surface area contributed by atoms with E-state index in [0.29, 0.717) is 6.61 Å². The highest BCUT2D eigenvalue weighted by Crippen LogP contribution is 2.14. The summed E-state index contributed by atoms with van der Waals surface area (Å²) in [5.41, 5.74) is 0.886. The van der Waals surface area contributed by atoms with Crippen LogP contribution in [0, 0.1) is 0 Å². The Morgan fingerprint density at radius 1 is 1.24 bits per heavy atom. The predicted octanol–water partition coefficient (Wildman–Crippen LogP) is 3.42. The maximum absolute atomic E-state index is 11.1. The molecule has 0 saturated heterocycles. The lowest BCUT2D eigenvalue weighted by Gasteiger charge is -1.98. The number of aliphatic imine (C=N–C) groups is 1. The number of hydrogen-bond acceptors (Lipinski definition) is 2. The standard InChI is InChI=1S/C14H13NO2/c1-2-17-14(16)15-10-11-7-8-12-5-3-4-6-13(12)9-11/h3-10H,2H2,1H3/b15-10+. The number of amides is 1. The lowest BCUT2D eigenvalue weighted by atomic mass is 10.1. The van der Waals surface area contributed by atoms with Gasteiger partial charge >= 0.3 is 6.09 Å². The minimum Gasteiger partial charge on any atom is -0.448 e. The predicted molar refractivity (Wildman–Crippen MR) is 68.6 cm³/mol. The Hall–Kier alpha value is -2.16. The van der Waals surface area contributed by atoms with E-state index in [1.54, 1.807) is 6.92 Å². The first-order chi connectivity index (χ1) is 8.29. The van der Waals surface area contributed by atoms with E-state index < -0.39 is 6.09 Å². The molecule has 2 aromatic rings. The molecular weight excluding hydrogens is 214 g/mol. The van der Waals surface area contributed by atoms with Crippen molar-refractivity contribution in [1.82, 2.24) is 0 Å². The van der Waals surface area contributed by atoms with Crippen molar-refractivity contribution in [3.8, 4) is 0 Å². The van der Waals surface area contributed by atoms with Crippen molar-refractivity contribution in [2.75, 3.05) is 6.61 Å². The van der Waals surface area contributed by atoms with Crippen molar-refractivity contribution in [2.24, 2.45) is 4.99 Å². The molecule has 0 N–H and O–H groups in total. The molecule has 0 fully saturated rings. The van der Waals surface area contributed by atoms with Crippen LogP contribution >= 0.6 is 0 Å². The summed E-state index contributed by atoms with van der Waals surface area (Å²) in [7, 11) is 0. The zero-order valence-corrected chi connectivity index (χ0v) is 9.59. The van der Waals surface area contributed by atoms with Gasteiger partial charge in [0.25, 0.3) is 0 Å². The molecule has 2 rings (SSSR count). The summed E-state index contributed by atoms with van der Waals surface area (Å²) in [4.78, 5) is 14.8. The Kier molecular flexibility index (Phi) is 3.50. The van der Waals surface area contributed by atoms with E-state index in [0.717, 1.165) is 10.9 Å². The van der Waals surface area contributed by atoms with Gasteiger partial charge in [0.2, 0.25) is 0 Å². The summed E-state index contributed by atoms with van der Waals surface area (Å²) in [5, 5.41) is 2.29. The molecule has 17 heavy (non-hydrogen) atoms. The van der Waals surface area contributed by atoms with Gasteiger partial charge in [-0.3, -0.25) is 0 Å². The molecule has 86 valence electrons. The largest absolute Gasteiger partial charge is 0.448 e. The summed E-state index contributed by atoms with van der Waals surface area (Å²) in [6.07, 6.45) is 0.963. The first-order valence-corrected chi connectivity index (χ1v) is 5.49. The second kappa shape index (κ2) is 5.25. The molecule has 0 atom stereocenters. The van der Waals surface area contributed by atoms with Crippen LogP contribution in [0.5, 0.6) is 0 Å². The molecule has 1 amide bonds. The summed E-state index contributed by atoms with van der Waals surface area (Å²) in [5.74, 6) is 0. The quantitative estimate of drug-likeness (QED) is 0.737. The summed E-state index contributed by atoms with van der Waals surface area (Å²) < 4.78 is 4.71. The number of nitrogens with zero attached hydrogens (tertiary/aromatic N) is 1. The molecule has 0 bridgehead atoms. The average Bonchev–Trinajstić information content (AvgIpc) is 2.36. The average molecular weight is 227 g/mol. The molecule has 0 heterocycles. The second-order valence-corrected chi connectivity index (χ2v) is 3.56. The molecule has 0 radical (unpaired) electrons. The molecule has 2 aromatic carbocycles. The normalized spacial score (nSPS) is 10.9. The zero-order chi connectivity index (χ0) is 12.1. The van der Waals surface area contributed by atoms with Gasteiger partial charge in [-0.1, -0.05) is 36.4 Å². The molecule has 0 aromatic heterocycles. The highest BCUT2D eigenvalue weighted by Gasteiger charge is 1.96. The van der Waals surface area contributed by atoms with Crippen LogP contribution in [-0.2, 0) is 4.74 Å². The highest BCUT2D eigenvalue weighted by atomic mass is 16.5. The van der Waals surface area contributed by atoms with E-state index in [1.807, 2.05) is 42.5 Å². The number of rotatable bonds is 2. The fraction of sp³-hybridized carbons (Fsp3) is 0.143. The number of carbonyl (C=O) groups excluding carboxylic acids is 1. The summed E-state index contributed by atoms with van der Waals surface area (Å²) in [6, 6.07) is 14.0. The highest BCUT2D eigenvalue weighted by molar-refractivity contribution is 5.93. The lowest BCUT2D eigenvalue weighted by Crippen LogP contribution is -1.98. The van der Waals surface area contributed by atoms with Crippen molar-refractivity contribution in [2.45, 2.75) is 6.92 Å². The van der Waals surface area contributed by atoms with E-state index in [2.05, 4.69) is 4.99 Å². The van der Waals surface area contributed by atoms with Gasteiger partial charge in [-0.15, -0.1) is 0 Å². The Morgan fingerprint density at radius 3 is 2.76 bits per heavy atom. The smallest absolute Gasteiger partial charge is 0.433 e. The molecule has 0 spiro atoms. The Labute approximate surface area is 99.7 Å². The van der Waals surface area contributed by atoms with Crippen LogP contribution in [0.4, 0.5) is 4.79 Å². The van der Waals surface area contributed by atoms with Crippen LogP contribution in [-0.4, -0.2) is 18.9 Å². The van der Waals surface area contributed by atoms with Gasteiger partial charge in [0.15, 0.2) is 0 Å². The van der Waals surface area contributed by atoms with Gasteiger partial charge in [0, 0.05) is 6.21 Å². The van der Waals surface area contributed by atoms with Crippen LogP contribution < -0.4 is 0 Å². The Morgan fingerprint density at radius 2 is 2.00 bits per heavy atom. The van der Waals surface area contributed by atoms with Crippen LogP contribution in [0.3, 0.4) is 0 Å². The van der Waals surface area contributed by atoms with Crippen molar-refractivity contribution >= 4 is 23.1 Å². The first kappa shape index (κ1) is 11.3. The van der Waals surface area contributed by atoms with E-state index in [-0.39, 0.29) is 0 Å². The first-order valence-electron chi connectivity index (χ1n) is 5.49. The van der Waals surface area contributed by atoms with Crippen molar-refractivity contribution in [1.29, 1.82) is 0 Å². The number of carbonyl (C=O) groups is 1. The SMILES string of the molecule is CCOC(=O)/N=C/c1ccc2ccccc2c1. The Balaban J connectivity index is 2.22. The minimum atomic E-state index is -0.555. The molecule has 3 heteroatoms. The van der Waals surface area contributed by atoms with Gasteiger partial charge in [-0.05, 0) is 29.3 Å². The molecular formula is C14H13NO2. The van der Waals surface area contributed by atoms with Crippen LogP contribution in [0.25, 0.3) is 10.8 Å². The van der Waals surface area contributed by atoms with Crippen LogP contribution in [0.2, 0.25) is 0 Å². The van der Waals surface area contributed by atoms with Gasteiger partial charge in [0.05, 0.1) is 6.61 Å². The van der Waals surface area contributed by atoms with Gasteiger partial charge in [-0.2, -0.15) is 4.99 Å². The van der Waals surface area contributed by atoms with Crippen LogP contribution in [0.15, 0.2) is 47.5 Å². The number of hydrogen-bond donors (Lipinski definition) is 0. The Bertz CT molecular complexity index is 561. The second-order valence-electron chi connectivity index (χ2n) is 3.56. The molecule has 0 aliphatic heterocycles. The fourth-order valence-electron chi connectivity index (χ4n) is 1.58. The third-order valence-electron chi connectivity index (χ3n) is 2.36. The van der Waals surface area contributed by atoms with Crippen LogP contribution in [0.1, 0.15) is 12.5 Å². The fourth-order valence-corrected chi connectivity index (χ4v) is 1.58. The molecule has 3 nitrogen and oxygen atoms in total. The monoisotopic (exact) mass is 227 g/mol. The van der Waals surface area contributed by atoms with E-state index in [4.69, 9.17) is 4.74 Å². The third-order valence-corrected chi connectivity index (χ3v) is 2.36. The summed E-state index contributed by atoms with van der Waals surface area (Å²) >= 11 is 0. The number of benzene rings is 2. The molecule has 0 saturated carbocycles. The van der Waals surface area contributed by atoms with Crippen molar-refractivity contribution < 1.29 is 9.53 Å². The summed E-state index contributed by atoms with van der Waals surface area (Å²) in [6.45, 7) is 2.09. The zero-order valence-electron chi connectivity index (χ0n) is 9.59. The topological polar surface area (TPSA) is 38.7 Å². The maximum atomic E-state index is 11.1. The number of fused-ring (bicyclic) bond motifs is 1. The third kappa shape index (κ3) is 2.91. The molecule has 0 unspecified atom stereocenters. The van der Waals surface area contributed by atoms with E-state index >= 15 is 0 Å². The minimum absolute atomic E-state index is 0.341. The van der Waals surface area contributed by atoms with E-state index in [9.17, 15) is 4.79 Å². The lowest BCUT2D eigenvalue weighted by molar-refractivity contribution is 0.164. The van der Waals surface area contributed by atoms with Crippen molar-refractivity contribution in [3.63, 3.8) is 0 Å². The molecule has 0 aliphatic rings. The van der Waals surface area contributed by atoms with Crippen molar-refractivity contribution in [3.05, 3.63) is 48.0 Å². The molecule has 0 aliphatic carbocycles. The maximum Gasteiger partial charge on any atom is 0.433 e. The number of ether oxygens (including phenoxy) is 1. The van der Waals surface area contributed by atoms with Gasteiger partial charge in [-0.25, -0.2) is 4.79 Å². The van der Waals surface area contributed by atoms with E-state index in [1.165, 1.54) is 11.6 Å². The van der Waals surface area contributed by atoms with Gasteiger partial charge < -0.3 is 4.74 Å². The van der Waals surface area contributed by atoms with Gasteiger partial charge in [0.1, 0.15) is 0 Å².